The summed E-state index contributed by atoms with van der Waals surface area (Å²) in [6, 6.07) is 2.03. The van der Waals surface area contributed by atoms with Crippen LogP contribution in [0.15, 0.2) is 18.5 Å². The van der Waals surface area contributed by atoms with E-state index in [2.05, 4.69) is 23.7 Å². The van der Waals surface area contributed by atoms with Crippen LogP contribution >= 0.6 is 0 Å². The highest BCUT2D eigenvalue weighted by molar-refractivity contribution is 5.52. The summed E-state index contributed by atoms with van der Waals surface area (Å²) in [6.45, 7) is 7.49. The van der Waals surface area contributed by atoms with Crippen LogP contribution in [0.5, 0.6) is 0 Å². The van der Waals surface area contributed by atoms with Crippen molar-refractivity contribution in [2.24, 2.45) is 17.6 Å². The van der Waals surface area contributed by atoms with Gasteiger partial charge in [-0.1, -0.05) is 13.8 Å². The van der Waals surface area contributed by atoms with Gasteiger partial charge in [-0.25, -0.2) is 0 Å². The van der Waals surface area contributed by atoms with Crippen molar-refractivity contribution in [3.8, 4) is 0 Å². The Morgan fingerprint density at radius 1 is 1.38 bits per heavy atom. The summed E-state index contributed by atoms with van der Waals surface area (Å²) in [5.41, 5.74) is 8.20. The first-order chi connectivity index (χ1) is 7.70. The Morgan fingerprint density at radius 3 is 2.69 bits per heavy atom. The van der Waals surface area contributed by atoms with E-state index in [-0.39, 0.29) is 0 Å². The maximum absolute atomic E-state index is 5.77. The smallest absolute Gasteiger partial charge is 0.0598 e. The van der Waals surface area contributed by atoms with E-state index in [1.165, 1.54) is 17.7 Å². The lowest BCUT2D eigenvalue weighted by Crippen LogP contribution is -2.39. The molecule has 0 aromatic carbocycles. The summed E-state index contributed by atoms with van der Waals surface area (Å²) in [7, 11) is 0. The van der Waals surface area contributed by atoms with Gasteiger partial charge in [0.05, 0.1) is 11.9 Å². The molecule has 0 radical (unpaired) electrons. The molecule has 2 atom stereocenters. The molecule has 1 saturated heterocycles. The van der Waals surface area contributed by atoms with Crippen LogP contribution < -0.4 is 10.6 Å². The Hall–Kier alpha value is -1.09. The van der Waals surface area contributed by atoms with Gasteiger partial charge in [0.2, 0.25) is 0 Å². The molecular weight excluding hydrogens is 198 g/mol. The van der Waals surface area contributed by atoms with E-state index in [1.807, 2.05) is 18.5 Å². The predicted octanol–water partition coefficient (Wildman–Crippen LogP) is 2.02. The molecule has 0 aliphatic carbocycles. The summed E-state index contributed by atoms with van der Waals surface area (Å²) in [5, 5.41) is 0. The second-order valence-electron chi connectivity index (χ2n) is 5.06. The fourth-order valence-corrected chi connectivity index (χ4v) is 2.73. The van der Waals surface area contributed by atoms with E-state index in [0.717, 1.165) is 24.9 Å². The Bertz CT molecular complexity index is 341. The van der Waals surface area contributed by atoms with Crippen molar-refractivity contribution in [3.05, 3.63) is 24.0 Å². The number of nitrogens with two attached hydrogens (primary N) is 1. The molecule has 3 heteroatoms. The first kappa shape index (κ1) is 11.4. The van der Waals surface area contributed by atoms with E-state index in [0.29, 0.717) is 6.54 Å². The van der Waals surface area contributed by atoms with Crippen LogP contribution in [0.3, 0.4) is 0 Å². The molecule has 2 heterocycles. The number of rotatable bonds is 2. The molecule has 1 fully saturated rings. The molecule has 1 aromatic heterocycles. The van der Waals surface area contributed by atoms with Crippen molar-refractivity contribution in [1.82, 2.24) is 4.98 Å². The minimum absolute atomic E-state index is 0.594. The average Bonchev–Trinajstić information content (AvgIpc) is 2.27. The topological polar surface area (TPSA) is 42.2 Å². The van der Waals surface area contributed by atoms with Crippen LogP contribution in [-0.4, -0.2) is 18.1 Å². The van der Waals surface area contributed by atoms with Gasteiger partial charge in [-0.05, 0) is 29.9 Å². The van der Waals surface area contributed by atoms with Crippen molar-refractivity contribution in [2.45, 2.75) is 26.8 Å². The summed E-state index contributed by atoms with van der Waals surface area (Å²) < 4.78 is 0. The number of piperidine rings is 1. The zero-order valence-electron chi connectivity index (χ0n) is 10.2. The normalized spacial score (nSPS) is 25.8. The molecule has 1 aliphatic rings. The highest BCUT2D eigenvalue weighted by Crippen LogP contribution is 2.27. The van der Waals surface area contributed by atoms with Gasteiger partial charge in [0.1, 0.15) is 0 Å². The molecule has 0 saturated carbocycles. The highest BCUT2D eigenvalue weighted by Gasteiger charge is 2.23. The maximum atomic E-state index is 5.77. The summed E-state index contributed by atoms with van der Waals surface area (Å²) >= 11 is 0. The van der Waals surface area contributed by atoms with Crippen molar-refractivity contribution in [2.75, 3.05) is 18.0 Å². The van der Waals surface area contributed by atoms with Crippen molar-refractivity contribution >= 4 is 5.69 Å². The van der Waals surface area contributed by atoms with Gasteiger partial charge < -0.3 is 10.6 Å². The first-order valence-electron chi connectivity index (χ1n) is 6.08. The third-order valence-electron chi connectivity index (χ3n) is 3.32. The van der Waals surface area contributed by atoms with Gasteiger partial charge in [-0.2, -0.15) is 0 Å². The molecule has 1 aliphatic heterocycles. The standard InChI is InChI=1S/C13H21N3/c1-10-5-11(2)9-16(8-10)13-7-15-4-3-12(13)6-14/h3-4,7,10-11H,5-6,8-9,14H2,1-2H3. The molecule has 3 nitrogen and oxygen atoms in total. The summed E-state index contributed by atoms with van der Waals surface area (Å²) in [5.74, 6) is 1.52. The van der Waals surface area contributed by atoms with Crippen molar-refractivity contribution in [3.63, 3.8) is 0 Å². The van der Waals surface area contributed by atoms with Gasteiger partial charge in [0.25, 0.3) is 0 Å². The summed E-state index contributed by atoms with van der Waals surface area (Å²) in [4.78, 5) is 6.66. The quantitative estimate of drug-likeness (QED) is 0.827. The predicted molar refractivity (Wildman–Crippen MR) is 67.3 cm³/mol. The molecule has 0 spiro atoms. The lowest BCUT2D eigenvalue weighted by atomic mass is 9.91. The minimum Gasteiger partial charge on any atom is -0.369 e. The third kappa shape index (κ3) is 2.35. The van der Waals surface area contributed by atoms with Crippen LogP contribution in [0.25, 0.3) is 0 Å². The van der Waals surface area contributed by atoms with E-state index in [1.54, 1.807) is 0 Å². The Labute approximate surface area is 97.7 Å². The number of nitrogens with zero attached hydrogens (tertiary/aromatic N) is 2. The molecule has 1 aromatic rings. The fraction of sp³-hybridized carbons (Fsp3) is 0.615. The minimum atomic E-state index is 0.594. The zero-order chi connectivity index (χ0) is 11.5. The van der Waals surface area contributed by atoms with Gasteiger partial charge in [-0.3, -0.25) is 4.98 Å². The molecule has 2 unspecified atom stereocenters. The van der Waals surface area contributed by atoms with Crippen LogP contribution in [0, 0.1) is 11.8 Å². The number of anilines is 1. The number of pyridine rings is 1. The molecular formula is C13H21N3. The fourth-order valence-electron chi connectivity index (χ4n) is 2.73. The SMILES string of the molecule is CC1CC(C)CN(c2cnccc2CN)C1. The molecule has 2 rings (SSSR count). The van der Waals surface area contributed by atoms with E-state index in [9.17, 15) is 0 Å². The lowest BCUT2D eigenvalue weighted by Gasteiger charge is -2.37. The molecule has 2 N–H and O–H groups in total. The van der Waals surface area contributed by atoms with Gasteiger partial charge in [-0.15, -0.1) is 0 Å². The van der Waals surface area contributed by atoms with Gasteiger partial charge in [0.15, 0.2) is 0 Å². The second-order valence-corrected chi connectivity index (χ2v) is 5.06. The molecule has 0 bridgehead atoms. The van der Waals surface area contributed by atoms with Gasteiger partial charge in [0, 0.05) is 25.8 Å². The zero-order valence-corrected chi connectivity index (χ0v) is 10.2. The average molecular weight is 219 g/mol. The molecule has 88 valence electrons. The van der Waals surface area contributed by atoms with E-state index < -0.39 is 0 Å². The van der Waals surface area contributed by atoms with E-state index in [4.69, 9.17) is 5.73 Å². The lowest BCUT2D eigenvalue weighted by molar-refractivity contribution is 0.356. The van der Waals surface area contributed by atoms with Crippen molar-refractivity contribution < 1.29 is 0 Å². The molecule has 16 heavy (non-hydrogen) atoms. The van der Waals surface area contributed by atoms with Crippen LogP contribution in [0.1, 0.15) is 25.8 Å². The number of aromatic nitrogens is 1. The Morgan fingerprint density at radius 2 is 2.06 bits per heavy atom. The molecule has 0 amide bonds. The Kier molecular flexibility index (Phi) is 3.44. The van der Waals surface area contributed by atoms with Crippen LogP contribution in [-0.2, 0) is 6.54 Å². The Balaban J connectivity index is 2.22. The van der Waals surface area contributed by atoms with Crippen LogP contribution in [0.4, 0.5) is 5.69 Å². The largest absolute Gasteiger partial charge is 0.369 e. The number of hydrogen-bond donors (Lipinski definition) is 1. The monoisotopic (exact) mass is 219 g/mol. The van der Waals surface area contributed by atoms with E-state index >= 15 is 0 Å². The maximum Gasteiger partial charge on any atom is 0.0598 e. The third-order valence-corrected chi connectivity index (χ3v) is 3.32. The summed E-state index contributed by atoms with van der Waals surface area (Å²) in [6.07, 6.45) is 5.10. The first-order valence-corrected chi connectivity index (χ1v) is 6.08. The second kappa shape index (κ2) is 4.83. The van der Waals surface area contributed by atoms with Gasteiger partial charge >= 0.3 is 0 Å². The number of hydrogen-bond acceptors (Lipinski definition) is 3. The van der Waals surface area contributed by atoms with Crippen LogP contribution in [0.2, 0.25) is 0 Å². The van der Waals surface area contributed by atoms with Crippen molar-refractivity contribution in [1.29, 1.82) is 0 Å². The highest BCUT2D eigenvalue weighted by atomic mass is 15.1.